The molecule has 0 spiro atoms. The van der Waals surface area contributed by atoms with Crippen molar-refractivity contribution in [2.75, 3.05) is 5.75 Å². The Balaban J connectivity index is 0. The quantitative estimate of drug-likeness (QED) is 0.645. The van der Waals surface area contributed by atoms with Crippen LogP contribution in [0.2, 0.25) is 0 Å². The van der Waals surface area contributed by atoms with Gasteiger partial charge in [0.05, 0.1) is 0 Å². The fourth-order valence-electron chi connectivity index (χ4n) is 1.23. The Labute approximate surface area is 123 Å². The first-order chi connectivity index (χ1) is 9.08. The van der Waals surface area contributed by atoms with Gasteiger partial charge in [-0.1, -0.05) is 78.5 Å². The Morgan fingerprint density at radius 3 is 1.84 bits per heavy atom. The molecule has 0 aliphatic carbocycles. The minimum Gasteiger partial charge on any atom is -0.508 e. The summed E-state index contributed by atoms with van der Waals surface area (Å²) >= 11 is 1.67. The maximum absolute atomic E-state index is 9.38. The van der Waals surface area contributed by atoms with Crippen molar-refractivity contribution in [3.63, 3.8) is 0 Å². The molecule has 108 valence electrons. The summed E-state index contributed by atoms with van der Waals surface area (Å²) < 4.78 is 0. The van der Waals surface area contributed by atoms with Gasteiger partial charge in [-0.15, -0.1) is 11.8 Å². The van der Waals surface area contributed by atoms with Gasteiger partial charge in [0.1, 0.15) is 5.76 Å². The average molecular weight is 280 g/mol. The highest BCUT2D eigenvalue weighted by atomic mass is 32.2. The number of thioether (sulfide) groups is 1. The van der Waals surface area contributed by atoms with E-state index in [0.29, 0.717) is 0 Å². The van der Waals surface area contributed by atoms with Gasteiger partial charge in [0.15, 0.2) is 0 Å². The highest BCUT2D eigenvalue weighted by molar-refractivity contribution is 8.08. The second-order valence-electron chi connectivity index (χ2n) is 3.56. The molecule has 0 unspecified atom stereocenters. The molecular weight excluding hydrogens is 252 g/mol. The molecule has 1 aromatic rings. The molecule has 2 heteroatoms. The van der Waals surface area contributed by atoms with Gasteiger partial charge in [-0.05, 0) is 11.3 Å². The van der Waals surface area contributed by atoms with E-state index in [-0.39, 0.29) is 5.76 Å². The highest BCUT2D eigenvalue weighted by Gasteiger charge is 2.06. The van der Waals surface area contributed by atoms with Crippen LogP contribution in [0.3, 0.4) is 0 Å². The molecule has 1 N–H and O–H groups in total. The standard InChI is InChI=1S/C12H14OS.C3H8.C2H6/c1-4-14-10(3)12-8-6-5-7-11(12)9(2)13;1-3-2;1-2/h5-8,13H,2-4H2,1H3;3H2,1-2H3;1-2H3. The summed E-state index contributed by atoms with van der Waals surface area (Å²) in [6, 6.07) is 7.61. The maximum atomic E-state index is 9.38. The van der Waals surface area contributed by atoms with Crippen LogP contribution in [0.4, 0.5) is 0 Å². The minimum atomic E-state index is 0.0958. The van der Waals surface area contributed by atoms with Crippen molar-refractivity contribution < 1.29 is 5.11 Å². The van der Waals surface area contributed by atoms with Gasteiger partial charge in [-0.3, -0.25) is 0 Å². The number of aliphatic hydroxyl groups excluding tert-OH is 1. The lowest BCUT2D eigenvalue weighted by Gasteiger charge is -2.09. The third-order valence-corrected chi connectivity index (χ3v) is 2.71. The molecule has 1 nitrogen and oxygen atoms in total. The highest BCUT2D eigenvalue weighted by Crippen LogP contribution is 2.29. The molecule has 0 amide bonds. The van der Waals surface area contributed by atoms with E-state index in [1.54, 1.807) is 11.8 Å². The average Bonchev–Trinajstić information content (AvgIpc) is 2.42. The lowest BCUT2D eigenvalue weighted by atomic mass is 10.1. The first kappa shape index (κ1) is 20.2. The van der Waals surface area contributed by atoms with Crippen LogP contribution < -0.4 is 0 Å². The zero-order valence-corrected chi connectivity index (χ0v) is 13.8. The summed E-state index contributed by atoms with van der Waals surface area (Å²) in [6.07, 6.45) is 1.25. The number of hydrogen-bond acceptors (Lipinski definition) is 2. The summed E-state index contributed by atoms with van der Waals surface area (Å²) in [5.41, 5.74) is 1.73. The predicted molar refractivity (Wildman–Crippen MR) is 92.6 cm³/mol. The van der Waals surface area contributed by atoms with Crippen LogP contribution in [0.5, 0.6) is 0 Å². The van der Waals surface area contributed by atoms with Crippen molar-refractivity contribution in [2.24, 2.45) is 0 Å². The number of aliphatic hydroxyl groups is 1. The third-order valence-electron chi connectivity index (χ3n) is 1.86. The van der Waals surface area contributed by atoms with E-state index in [1.165, 1.54) is 6.42 Å². The molecule has 0 saturated heterocycles. The van der Waals surface area contributed by atoms with Gasteiger partial charge < -0.3 is 5.11 Å². The van der Waals surface area contributed by atoms with Crippen LogP contribution in [-0.2, 0) is 0 Å². The van der Waals surface area contributed by atoms with Crippen LogP contribution in [-0.4, -0.2) is 10.9 Å². The second kappa shape index (κ2) is 13.3. The van der Waals surface area contributed by atoms with Gasteiger partial charge in [-0.25, -0.2) is 0 Å². The summed E-state index contributed by atoms with van der Waals surface area (Å²) in [6.45, 7) is 17.8. The summed E-state index contributed by atoms with van der Waals surface area (Å²) in [4.78, 5) is 0.971. The van der Waals surface area contributed by atoms with Crippen molar-refractivity contribution in [3.05, 3.63) is 48.6 Å². The van der Waals surface area contributed by atoms with E-state index in [2.05, 4.69) is 33.9 Å². The van der Waals surface area contributed by atoms with Gasteiger partial charge in [0, 0.05) is 10.5 Å². The Hall–Kier alpha value is -1.15. The zero-order valence-electron chi connectivity index (χ0n) is 13.0. The van der Waals surface area contributed by atoms with Crippen molar-refractivity contribution in [3.8, 4) is 0 Å². The third kappa shape index (κ3) is 8.55. The van der Waals surface area contributed by atoms with Crippen LogP contribution in [0.1, 0.15) is 52.2 Å². The molecule has 0 heterocycles. The molecule has 0 aromatic heterocycles. The van der Waals surface area contributed by atoms with Crippen molar-refractivity contribution >= 4 is 22.4 Å². The fraction of sp³-hybridized carbons (Fsp3) is 0.412. The molecule has 0 radical (unpaired) electrons. The molecule has 0 atom stereocenters. The molecule has 0 bridgehead atoms. The molecular formula is C17H28OS. The number of rotatable bonds is 4. The Kier molecular flexibility index (Phi) is 14.1. The molecule has 1 rings (SSSR count). The van der Waals surface area contributed by atoms with E-state index in [9.17, 15) is 5.11 Å². The van der Waals surface area contributed by atoms with Crippen LogP contribution in [0.25, 0.3) is 10.7 Å². The molecule has 0 aliphatic heterocycles. The topological polar surface area (TPSA) is 20.2 Å². The van der Waals surface area contributed by atoms with E-state index in [1.807, 2.05) is 38.1 Å². The van der Waals surface area contributed by atoms with Gasteiger partial charge >= 0.3 is 0 Å². The Morgan fingerprint density at radius 2 is 1.47 bits per heavy atom. The SMILES string of the molecule is C=C(O)c1ccccc1C(=C)SCC.CC.CCC. The van der Waals surface area contributed by atoms with Crippen LogP contribution in [0, 0.1) is 0 Å². The monoisotopic (exact) mass is 280 g/mol. The van der Waals surface area contributed by atoms with Crippen molar-refractivity contribution in [2.45, 2.75) is 41.0 Å². The van der Waals surface area contributed by atoms with Gasteiger partial charge in [0.2, 0.25) is 0 Å². The van der Waals surface area contributed by atoms with Gasteiger partial charge in [-0.2, -0.15) is 0 Å². The zero-order chi connectivity index (χ0) is 15.3. The van der Waals surface area contributed by atoms with Crippen LogP contribution in [0.15, 0.2) is 37.4 Å². The summed E-state index contributed by atoms with van der Waals surface area (Å²) in [5.74, 6) is 1.07. The number of hydrogen-bond donors (Lipinski definition) is 1. The van der Waals surface area contributed by atoms with E-state index >= 15 is 0 Å². The Morgan fingerprint density at radius 1 is 1.05 bits per heavy atom. The van der Waals surface area contributed by atoms with E-state index < -0.39 is 0 Å². The largest absolute Gasteiger partial charge is 0.508 e. The normalized spacial score (nSPS) is 8.47. The molecule has 19 heavy (non-hydrogen) atoms. The summed E-state index contributed by atoms with van der Waals surface area (Å²) in [7, 11) is 0. The maximum Gasteiger partial charge on any atom is 0.116 e. The molecule has 0 aliphatic rings. The van der Waals surface area contributed by atoms with Crippen molar-refractivity contribution in [1.29, 1.82) is 0 Å². The molecule has 0 fully saturated rings. The van der Waals surface area contributed by atoms with Crippen molar-refractivity contribution in [1.82, 2.24) is 0 Å². The molecule has 0 saturated carbocycles. The smallest absolute Gasteiger partial charge is 0.116 e. The van der Waals surface area contributed by atoms with E-state index in [4.69, 9.17) is 0 Å². The summed E-state index contributed by atoms with van der Waals surface area (Å²) in [5, 5.41) is 9.38. The fourth-order valence-corrected chi connectivity index (χ4v) is 1.91. The first-order valence-corrected chi connectivity index (χ1v) is 7.86. The van der Waals surface area contributed by atoms with E-state index in [0.717, 1.165) is 21.8 Å². The van der Waals surface area contributed by atoms with Crippen LogP contribution >= 0.6 is 11.8 Å². The first-order valence-electron chi connectivity index (χ1n) is 6.87. The number of benzene rings is 1. The second-order valence-corrected chi connectivity index (χ2v) is 4.91. The Bertz CT molecular complexity index is 369. The molecule has 1 aromatic carbocycles. The minimum absolute atomic E-state index is 0.0958. The lowest BCUT2D eigenvalue weighted by molar-refractivity contribution is 0.513. The lowest BCUT2D eigenvalue weighted by Crippen LogP contribution is -1.89. The predicted octanol–water partition coefficient (Wildman–Crippen LogP) is 6.38. The van der Waals surface area contributed by atoms with Gasteiger partial charge in [0.25, 0.3) is 0 Å².